The molecule has 1 fully saturated rings. The minimum absolute atomic E-state index is 0.0525. The first-order chi connectivity index (χ1) is 9.36. The minimum Gasteiger partial charge on any atom is -0.395 e. The smallest absolute Gasteiger partial charge is 0.241 e. The molecule has 1 amide bonds. The zero-order valence-corrected chi connectivity index (χ0v) is 13.4. The normalized spacial score (nSPS) is 20.6. The Morgan fingerprint density at radius 3 is 2.45 bits per heavy atom. The molecule has 0 radical (unpaired) electrons. The quantitative estimate of drug-likeness (QED) is 0.739. The van der Waals surface area contributed by atoms with E-state index < -0.39 is 16.1 Å². The largest absolute Gasteiger partial charge is 0.395 e. The highest BCUT2D eigenvalue weighted by molar-refractivity contribution is 7.88. The van der Waals surface area contributed by atoms with Gasteiger partial charge in [-0.25, -0.2) is 8.42 Å². The van der Waals surface area contributed by atoms with Crippen LogP contribution in [0.15, 0.2) is 0 Å². The number of aliphatic hydroxyl groups is 1. The average molecular weight is 306 g/mol. The molecule has 0 aromatic rings. The summed E-state index contributed by atoms with van der Waals surface area (Å²) in [6, 6.07) is -0.547. The number of rotatable bonds is 7. The van der Waals surface area contributed by atoms with Gasteiger partial charge < -0.3 is 10.0 Å². The van der Waals surface area contributed by atoms with Crippen LogP contribution in [-0.4, -0.2) is 66.7 Å². The second-order valence-electron chi connectivity index (χ2n) is 5.26. The van der Waals surface area contributed by atoms with Crippen molar-refractivity contribution in [1.82, 2.24) is 9.21 Å². The number of carbonyl (C=O) groups excluding carboxylic acids is 1. The van der Waals surface area contributed by atoms with Gasteiger partial charge in [-0.3, -0.25) is 4.79 Å². The molecule has 0 saturated carbocycles. The van der Waals surface area contributed by atoms with Gasteiger partial charge >= 0.3 is 0 Å². The SMILES string of the molecule is CCC(CC)N(CCO)C(=O)C1CCCN1S(C)(=O)=O. The fourth-order valence-corrected chi connectivity index (χ4v) is 4.00. The fourth-order valence-electron chi connectivity index (χ4n) is 2.89. The number of carbonyl (C=O) groups is 1. The maximum atomic E-state index is 12.7. The highest BCUT2D eigenvalue weighted by atomic mass is 32.2. The van der Waals surface area contributed by atoms with E-state index in [1.165, 1.54) is 4.31 Å². The molecule has 0 spiro atoms. The van der Waals surface area contributed by atoms with E-state index in [-0.39, 0.29) is 25.1 Å². The number of sulfonamides is 1. The zero-order valence-electron chi connectivity index (χ0n) is 12.6. The van der Waals surface area contributed by atoms with Gasteiger partial charge in [0.1, 0.15) is 6.04 Å². The number of hydrogen-bond acceptors (Lipinski definition) is 4. The monoisotopic (exact) mass is 306 g/mol. The second kappa shape index (κ2) is 7.38. The number of aliphatic hydroxyl groups excluding tert-OH is 1. The zero-order chi connectivity index (χ0) is 15.3. The van der Waals surface area contributed by atoms with E-state index in [4.69, 9.17) is 5.11 Å². The van der Waals surface area contributed by atoms with Crippen LogP contribution in [-0.2, 0) is 14.8 Å². The van der Waals surface area contributed by atoms with Gasteiger partial charge in [0.25, 0.3) is 0 Å². The van der Waals surface area contributed by atoms with Crippen molar-refractivity contribution in [3.8, 4) is 0 Å². The highest BCUT2D eigenvalue weighted by Gasteiger charge is 2.39. The fraction of sp³-hybridized carbons (Fsp3) is 0.923. The molecule has 0 bridgehead atoms. The summed E-state index contributed by atoms with van der Waals surface area (Å²) in [4.78, 5) is 14.3. The molecule has 20 heavy (non-hydrogen) atoms. The summed E-state index contributed by atoms with van der Waals surface area (Å²) in [7, 11) is -3.36. The maximum absolute atomic E-state index is 12.7. The van der Waals surface area contributed by atoms with Gasteiger partial charge in [0.2, 0.25) is 15.9 Å². The molecule has 1 N–H and O–H groups in total. The Morgan fingerprint density at radius 1 is 1.40 bits per heavy atom. The van der Waals surface area contributed by atoms with Crippen molar-refractivity contribution in [3.63, 3.8) is 0 Å². The number of hydrogen-bond donors (Lipinski definition) is 1. The highest BCUT2D eigenvalue weighted by Crippen LogP contribution is 2.23. The molecular weight excluding hydrogens is 280 g/mol. The number of nitrogens with zero attached hydrogens (tertiary/aromatic N) is 2. The third kappa shape index (κ3) is 3.93. The van der Waals surface area contributed by atoms with Crippen LogP contribution in [0, 0.1) is 0 Å². The van der Waals surface area contributed by atoms with Crippen LogP contribution >= 0.6 is 0 Å². The van der Waals surface area contributed by atoms with Gasteiger partial charge in [-0.05, 0) is 25.7 Å². The van der Waals surface area contributed by atoms with Crippen molar-refractivity contribution < 1.29 is 18.3 Å². The molecule has 1 aliphatic heterocycles. The van der Waals surface area contributed by atoms with Crippen LogP contribution < -0.4 is 0 Å². The van der Waals surface area contributed by atoms with E-state index in [0.29, 0.717) is 19.4 Å². The predicted molar refractivity (Wildman–Crippen MR) is 77.7 cm³/mol. The van der Waals surface area contributed by atoms with Crippen molar-refractivity contribution in [2.24, 2.45) is 0 Å². The van der Waals surface area contributed by atoms with E-state index in [1.54, 1.807) is 4.90 Å². The van der Waals surface area contributed by atoms with Crippen molar-refractivity contribution >= 4 is 15.9 Å². The lowest BCUT2D eigenvalue weighted by Gasteiger charge is -2.34. The summed E-state index contributed by atoms with van der Waals surface area (Å²) < 4.78 is 24.8. The van der Waals surface area contributed by atoms with Crippen molar-refractivity contribution in [2.75, 3.05) is 26.0 Å². The van der Waals surface area contributed by atoms with E-state index >= 15 is 0 Å². The molecular formula is C13H26N2O4S. The van der Waals surface area contributed by atoms with E-state index in [1.807, 2.05) is 13.8 Å². The van der Waals surface area contributed by atoms with Crippen LogP contribution in [0.25, 0.3) is 0 Å². The first-order valence-corrected chi connectivity index (χ1v) is 9.09. The topological polar surface area (TPSA) is 77.9 Å². The first-order valence-electron chi connectivity index (χ1n) is 7.24. The maximum Gasteiger partial charge on any atom is 0.241 e. The average Bonchev–Trinajstić information content (AvgIpc) is 2.87. The Morgan fingerprint density at radius 2 is 2.00 bits per heavy atom. The van der Waals surface area contributed by atoms with Crippen molar-refractivity contribution in [2.45, 2.75) is 51.6 Å². The lowest BCUT2D eigenvalue weighted by atomic mass is 10.1. The van der Waals surface area contributed by atoms with Crippen molar-refractivity contribution in [3.05, 3.63) is 0 Å². The molecule has 0 aromatic carbocycles. The predicted octanol–water partition coefficient (Wildman–Crippen LogP) is 0.420. The van der Waals surface area contributed by atoms with Crippen LogP contribution in [0.3, 0.4) is 0 Å². The van der Waals surface area contributed by atoms with Crippen LogP contribution in [0.5, 0.6) is 0 Å². The van der Waals surface area contributed by atoms with Gasteiger partial charge in [0.15, 0.2) is 0 Å². The second-order valence-corrected chi connectivity index (χ2v) is 7.19. The van der Waals surface area contributed by atoms with E-state index in [9.17, 15) is 13.2 Å². The molecule has 0 aliphatic carbocycles. The van der Waals surface area contributed by atoms with Gasteiger partial charge in [-0.1, -0.05) is 13.8 Å². The minimum atomic E-state index is -3.36. The van der Waals surface area contributed by atoms with Gasteiger partial charge in [-0.15, -0.1) is 0 Å². The van der Waals surface area contributed by atoms with Crippen LogP contribution in [0.2, 0.25) is 0 Å². The van der Waals surface area contributed by atoms with Gasteiger partial charge in [-0.2, -0.15) is 4.31 Å². The van der Waals surface area contributed by atoms with E-state index in [2.05, 4.69) is 0 Å². The summed E-state index contributed by atoms with van der Waals surface area (Å²) in [6.07, 6.45) is 4.01. The van der Waals surface area contributed by atoms with Crippen LogP contribution in [0.4, 0.5) is 0 Å². The Bertz CT molecular complexity index is 420. The summed E-state index contributed by atoms with van der Waals surface area (Å²) in [6.45, 7) is 4.56. The summed E-state index contributed by atoms with van der Waals surface area (Å²) >= 11 is 0. The Balaban J connectivity index is 2.94. The molecule has 1 aliphatic rings. The number of amides is 1. The molecule has 1 rings (SSSR count). The molecule has 118 valence electrons. The Hall–Kier alpha value is -0.660. The summed E-state index contributed by atoms with van der Waals surface area (Å²) in [5, 5.41) is 9.17. The molecule has 1 unspecified atom stereocenters. The molecule has 1 atom stereocenters. The molecule has 1 heterocycles. The summed E-state index contributed by atoms with van der Waals surface area (Å²) in [5.41, 5.74) is 0. The Kier molecular flexibility index (Phi) is 6.42. The van der Waals surface area contributed by atoms with Gasteiger partial charge in [0, 0.05) is 19.1 Å². The van der Waals surface area contributed by atoms with Crippen molar-refractivity contribution in [1.29, 1.82) is 0 Å². The lowest BCUT2D eigenvalue weighted by molar-refractivity contribution is -0.137. The van der Waals surface area contributed by atoms with Crippen LogP contribution in [0.1, 0.15) is 39.5 Å². The van der Waals surface area contributed by atoms with E-state index in [0.717, 1.165) is 19.1 Å². The molecule has 1 saturated heterocycles. The molecule has 6 nitrogen and oxygen atoms in total. The first kappa shape index (κ1) is 17.4. The molecule has 0 aromatic heterocycles. The Labute approximate surface area is 121 Å². The third-order valence-electron chi connectivity index (χ3n) is 3.92. The standard InChI is InChI=1S/C13H26N2O4S/c1-4-11(5-2)14(9-10-16)13(17)12-7-6-8-15(12)20(3,18)19/h11-12,16H,4-10H2,1-3H3. The lowest BCUT2D eigenvalue weighted by Crippen LogP contribution is -2.51. The summed E-state index contributed by atoms with van der Waals surface area (Å²) in [5.74, 6) is -0.171. The third-order valence-corrected chi connectivity index (χ3v) is 5.21. The molecule has 7 heteroatoms. The van der Waals surface area contributed by atoms with Gasteiger partial charge in [0.05, 0.1) is 12.9 Å².